The van der Waals surface area contributed by atoms with E-state index in [9.17, 15) is 0 Å². The molecule has 0 heterocycles. The zero-order valence-corrected chi connectivity index (χ0v) is 21.3. The second-order valence-corrected chi connectivity index (χ2v) is 25.9. The van der Waals surface area contributed by atoms with Crippen molar-refractivity contribution in [2.75, 3.05) is 19.3 Å². The van der Waals surface area contributed by atoms with E-state index in [2.05, 4.69) is 70.8 Å². The molecule has 144 valence electrons. The Labute approximate surface area is 154 Å². The SMILES string of the molecule is C=C(CN)NCC[Si](C)(CO[Si](C)(C)O[Si](C)(C)C)O[Si](C)(C)C. The van der Waals surface area contributed by atoms with Crippen molar-refractivity contribution in [2.45, 2.75) is 65.0 Å². The van der Waals surface area contributed by atoms with Crippen LogP contribution in [-0.2, 0) is 12.7 Å². The number of nitrogens with one attached hydrogen (secondary N) is 1. The quantitative estimate of drug-likeness (QED) is 0.483. The molecule has 5 nitrogen and oxygen atoms in total. The fourth-order valence-electron chi connectivity index (χ4n) is 2.56. The first-order valence-corrected chi connectivity index (χ1v) is 21.2. The summed E-state index contributed by atoms with van der Waals surface area (Å²) < 4.78 is 19.2. The van der Waals surface area contributed by atoms with E-state index in [0.29, 0.717) is 12.8 Å². The van der Waals surface area contributed by atoms with Crippen LogP contribution < -0.4 is 11.1 Å². The van der Waals surface area contributed by atoms with E-state index in [1.54, 1.807) is 0 Å². The summed E-state index contributed by atoms with van der Waals surface area (Å²) in [7, 11) is -7.33. The number of hydrogen-bond acceptors (Lipinski definition) is 5. The number of rotatable bonds is 12. The molecule has 0 saturated heterocycles. The molecule has 0 aromatic rings. The Morgan fingerprint density at radius 2 is 1.42 bits per heavy atom. The Morgan fingerprint density at radius 3 is 1.83 bits per heavy atom. The molecule has 1 unspecified atom stereocenters. The van der Waals surface area contributed by atoms with Gasteiger partial charge >= 0.3 is 8.56 Å². The van der Waals surface area contributed by atoms with E-state index in [0.717, 1.165) is 18.3 Å². The van der Waals surface area contributed by atoms with Crippen LogP contribution in [-0.4, -0.2) is 52.8 Å². The van der Waals surface area contributed by atoms with Gasteiger partial charge in [0.25, 0.3) is 0 Å². The highest BCUT2D eigenvalue weighted by molar-refractivity contribution is 6.86. The van der Waals surface area contributed by atoms with Crippen LogP contribution in [0, 0.1) is 0 Å². The van der Waals surface area contributed by atoms with Crippen molar-refractivity contribution in [1.29, 1.82) is 0 Å². The third-order valence-corrected chi connectivity index (χ3v) is 15.1. The van der Waals surface area contributed by atoms with E-state index in [1.165, 1.54) is 0 Å². The van der Waals surface area contributed by atoms with Crippen LogP contribution in [0.15, 0.2) is 12.3 Å². The smallest absolute Gasteiger partial charge is 0.321 e. The lowest BCUT2D eigenvalue weighted by atomic mass is 10.5. The van der Waals surface area contributed by atoms with Crippen LogP contribution in [0.2, 0.25) is 65.0 Å². The Bertz CT molecular complexity index is 409. The molecule has 0 aromatic heterocycles. The van der Waals surface area contributed by atoms with Crippen LogP contribution in [0.25, 0.3) is 0 Å². The summed E-state index contributed by atoms with van der Waals surface area (Å²) in [6.45, 7) is 25.1. The lowest BCUT2D eigenvalue weighted by Gasteiger charge is -2.38. The van der Waals surface area contributed by atoms with Crippen molar-refractivity contribution in [1.82, 2.24) is 5.32 Å². The van der Waals surface area contributed by atoms with Crippen molar-refractivity contribution in [3.05, 3.63) is 12.3 Å². The molecule has 0 aromatic carbocycles. The van der Waals surface area contributed by atoms with Gasteiger partial charge in [-0.1, -0.05) is 6.58 Å². The molecule has 0 fully saturated rings. The molecule has 9 heteroatoms. The normalized spacial score (nSPS) is 15.9. The minimum Gasteiger partial charge on any atom is -0.454 e. The van der Waals surface area contributed by atoms with E-state index in [4.69, 9.17) is 18.4 Å². The molecular formula is C15H40N2O3Si4. The number of hydrogen-bond donors (Lipinski definition) is 2. The molecule has 0 aliphatic rings. The maximum atomic E-state index is 6.60. The molecule has 3 N–H and O–H groups in total. The van der Waals surface area contributed by atoms with Crippen molar-refractivity contribution in [2.24, 2.45) is 5.73 Å². The van der Waals surface area contributed by atoms with Crippen LogP contribution >= 0.6 is 0 Å². The average molecular weight is 409 g/mol. The zero-order chi connectivity index (χ0) is 19.2. The Hall–Kier alpha value is 0.248. The van der Waals surface area contributed by atoms with Gasteiger partial charge in [0.1, 0.15) is 0 Å². The third kappa shape index (κ3) is 12.6. The van der Waals surface area contributed by atoms with E-state index in [1.807, 2.05) is 0 Å². The van der Waals surface area contributed by atoms with Gasteiger partial charge in [-0.05, 0) is 65.0 Å². The molecule has 0 saturated carbocycles. The van der Waals surface area contributed by atoms with E-state index in [-0.39, 0.29) is 0 Å². The summed E-state index contributed by atoms with van der Waals surface area (Å²) in [6, 6.07) is 0.980. The monoisotopic (exact) mass is 408 g/mol. The van der Waals surface area contributed by atoms with Gasteiger partial charge in [-0.15, -0.1) is 0 Å². The van der Waals surface area contributed by atoms with Crippen LogP contribution in [0.4, 0.5) is 0 Å². The van der Waals surface area contributed by atoms with Crippen molar-refractivity contribution in [3.63, 3.8) is 0 Å². The molecule has 0 rings (SSSR count). The van der Waals surface area contributed by atoms with Crippen molar-refractivity contribution < 1.29 is 12.7 Å². The second-order valence-electron chi connectivity index (χ2n) is 9.05. The van der Waals surface area contributed by atoms with Gasteiger partial charge in [0, 0.05) is 18.8 Å². The van der Waals surface area contributed by atoms with Crippen LogP contribution in [0.1, 0.15) is 0 Å². The minimum atomic E-state index is -2.12. The molecule has 0 radical (unpaired) electrons. The Kier molecular flexibility index (Phi) is 9.36. The Morgan fingerprint density at radius 1 is 0.917 bits per heavy atom. The molecule has 1 atom stereocenters. The lowest BCUT2D eigenvalue weighted by molar-refractivity contribution is 0.273. The maximum Gasteiger partial charge on any atom is 0.321 e. The summed E-state index contributed by atoms with van der Waals surface area (Å²) >= 11 is 0. The number of nitrogens with two attached hydrogens (primary N) is 1. The average Bonchev–Trinajstić information content (AvgIpc) is 2.31. The molecule has 0 bridgehead atoms. The fourth-order valence-corrected chi connectivity index (χ4v) is 18.7. The van der Waals surface area contributed by atoms with E-state index < -0.39 is 33.5 Å². The Balaban J connectivity index is 4.84. The molecule has 24 heavy (non-hydrogen) atoms. The molecule has 0 spiro atoms. The molecule has 0 aliphatic carbocycles. The van der Waals surface area contributed by atoms with Gasteiger partial charge < -0.3 is 23.7 Å². The van der Waals surface area contributed by atoms with Gasteiger partial charge in [0.2, 0.25) is 8.32 Å². The third-order valence-electron chi connectivity index (χ3n) is 3.10. The molecule has 0 amide bonds. The van der Waals surface area contributed by atoms with Gasteiger partial charge in [-0.3, -0.25) is 0 Å². The molecular weight excluding hydrogens is 369 g/mol. The van der Waals surface area contributed by atoms with Crippen molar-refractivity contribution in [3.8, 4) is 0 Å². The predicted molar refractivity (Wildman–Crippen MR) is 115 cm³/mol. The second kappa shape index (κ2) is 9.26. The van der Waals surface area contributed by atoms with E-state index >= 15 is 0 Å². The largest absolute Gasteiger partial charge is 0.454 e. The summed E-state index contributed by atoms with van der Waals surface area (Å²) in [5.41, 5.74) is 6.46. The van der Waals surface area contributed by atoms with Gasteiger partial charge in [0.15, 0.2) is 16.6 Å². The van der Waals surface area contributed by atoms with Gasteiger partial charge in [-0.2, -0.15) is 0 Å². The first-order chi connectivity index (χ1) is 10.6. The van der Waals surface area contributed by atoms with Crippen molar-refractivity contribution >= 4 is 33.5 Å². The minimum absolute atomic E-state index is 0.466. The fraction of sp³-hybridized carbons (Fsp3) is 0.867. The van der Waals surface area contributed by atoms with Gasteiger partial charge in [-0.25, -0.2) is 0 Å². The van der Waals surface area contributed by atoms with Gasteiger partial charge in [0.05, 0.1) is 6.23 Å². The summed E-state index contributed by atoms with van der Waals surface area (Å²) in [6.07, 6.45) is 0.692. The first kappa shape index (κ1) is 24.2. The first-order valence-electron chi connectivity index (χ1n) is 8.74. The highest BCUT2D eigenvalue weighted by Crippen LogP contribution is 2.22. The zero-order valence-electron chi connectivity index (χ0n) is 17.3. The topological polar surface area (TPSA) is 65.7 Å². The summed E-state index contributed by atoms with van der Waals surface area (Å²) in [5, 5.41) is 3.29. The maximum absolute atomic E-state index is 6.60. The summed E-state index contributed by atoms with van der Waals surface area (Å²) in [4.78, 5) is 0. The summed E-state index contributed by atoms with van der Waals surface area (Å²) in [5.74, 6) is 0. The highest BCUT2D eigenvalue weighted by atomic mass is 28.4. The standard InChI is InChI=1S/C15H40N2O3Si4/c1-15(13-16)17-11-12-24(10,20-22(5,6)7)14-18-23(8,9)19-21(2,3)4/h17H,1,11-14,16H2,2-10H3. The lowest BCUT2D eigenvalue weighted by Crippen LogP contribution is -2.54. The predicted octanol–water partition coefficient (Wildman–Crippen LogP) is 3.58. The highest BCUT2D eigenvalue weighted by Gasteiger charge is 2.39. The van der Waals surface area contributed by atoms with Crippen LogP contribution in [0.5, 0.6) is 0 Å². The molecule has 0 aliphatic heterocycles. The van der Waals surface area contributed by atoms with Crippen LogP contribution in [0.3, 0.4) is 0 Å².